The fraction of sp³-hybridized carbons (Fsp3) is 0.0286. The van der Waals surface area contributed by atoms with Crippen molar-refractivity contribution in [1.82, 2.24) is 24.5 Å². The summed E-state index contributed by atoms with van der Waals surface area (Å²) in [5.74, 6) is 1.32. The van der Waals surface area contributed by atoms with Gasteiger partial charge in [0.25, 0.3) is 0 Å². The normalized spacial score (nSPS) is 11.1. The Hall–Kier alpha value is -5.20. The summed E-state index contributed by atoms with van der Waals surface area (Å²) >= 11 is 1.83. The fourth-order valence-electron chi connectivity index (χ4n) is 5.25. The van der Waals surface area contributed by atoms with Gasteiger partial charge in [-0.25, -0.2) is 15.0 Å². The van der Waals surface area contributed by atoms with Gasteiger partial charge in [0, 0.05) is 43.9 Å². The molecular formula is C35H25N5S. The average molecular weight is 548 g/mol. The maximum absolute atomic E-state index is 4.97. The summed E-state index contributed by atoms with van der Waals surface area (Å²) in [6, 6.07) is 35.5. The molecule has 6 heteroatoms. The van der Waals surface area contributed by atoms with Crippen LogP contribution in [0.2, 0.25) is 0 Å². The molecule has 0 N–H and O–H groups in total. The molecule has 0 aliphatic rings. The number of fused-ring (bicyclic) bond motifs is 7. The molecule has 0 fully saturated rings. The van der Waals surface area contributed by atoms with E-state index in [1.54, 1.807) is 12.4 Å². The van der Waals surface area contributed by atoms with E-state index in [9.17, 15) is 0 Å². The number of benzene rings is 4. The number of hydrogen-bond donors (Lipinski definition) is 0. The molecule has 0 saturated heterocycles. The lowest BCUT2D eigenvalue weighted by Gasteiger charge is -2.09. The van der Waals surface area contributed by atoms with Gasteiger partial charge in [-0.2, -0.15) is 0 Å². The van der Waals surface area contributed by atoms with Gasteiger partial charge in [0.05, 0.1) is 21.3 Å². The molecule has 5 nitrogen and oxygen atoms in total. The molecule has 8 rings (SSSR count). The summed E-state index contributed by atoms with van der Waals surface area (Å²) in [5, 5.41) is 3.59. The summed E-state index contributed by atoms with van der Waals surface area (Å²) < 4.78 is 4.86. The van der Waals surface area contributed by atoms with Crippen LogP contribution in [-0.4, -0.2) is 24.5 Å². The second kappa shape index (κ2) is 10.4. The molecule has 0 unspecified atom stereocenters. The van der Waals surface area contributed by atoms with Gasteiger partial charge in [-0.15, -0.1) is 17.9 Å². The van der Waals surface area contributed by atoms with Crippen molar-refractivity contribution < 1.29 is 0 Å². The zero-order valence-corrected chi connectivity index (χ0v) is 23.2. The van der Waals surface area contributed by atoms with Crippen LogP contribution in [0.4, 0.5) is 0 Å². The Labute approximate surface area is 241 Å². The summed E-state index contributed by atoms with van der Waals surface area (Å²) in [6.07, 6.45) is 5.36. The Kier molecular flexibility index (Phi) is 6.30. The predicted octanol–water partition coefficient (Wildman–Crippen LogP) is 9.26. The van der Waals surface area contributed by atoms with Gasteiger partial charge in [0.15, 0.2) is 11.6 Å². The van der Waals surface area contributed by atoms with E-state index >= 15 is 0 Å². The largest absolute Gasteiger partial charge is 0.306 e. The minimum atomic E-state index is 0.654. The molecule has 0 aliphatic carbocycles. The molecule has 4 aromatic heterocycles. The van der Waals surface area contributed by atoms with Gasteiger partial charge in [-0.05, 0) is 43.3 Å². The van der Waals surface area contributed by atoms with Crippen molar-refractivity contribution in [3.8, 4) is 28.5 Å². The first-order valence-corrected chi connectivity index (χ1v) is 14.2. The van der Waals surface area contributed by atoms with Crippen LogP contribution in [0.15, 0.2) is 128 Å². The second-order valence-electron chi connectivity index (χ2n) is 9.60. The highest BCUT2D eigenvalue weighted by Crippen LogP contribution is 2.41. The van der Waals surface area contributed by atoms with Crippen LogP contribution in [0.5, 0.6) is 0 Å². The van der Waals surface area contributed by atoms with Crippen LogP contribution in [0.25, 0.3) is 70.6 Å². The first kappa shape index (κ1) is 24.8. The van der Waals surface area contributed by atoms with Gasteiger partial charge in [-0.1, -0.05) is 72.8 Å². The van der Waals surface area contributed by atoms with E-state index in [4.69, 9.17) is 9.97 Å². The maximum atomic E-state index is 4.97. The van der Waals surface area contributed by atoms with Crippen LogP contribution in [-0.2, 0) is 0 Å². The van der Waals surface area contributed by atoms with Crippen LogP contribution in [0.3, 0.4) is 0 Å². The van der Waals surface area contributed by atoms with Crippen molar-refractivity contribution in [2.75, 3.05) is 0 Å². The molecule has 0 saturated carbocycles. The Morgan fingerprint density at radius 3 is 2.07 bits per heavy atom. The van der Waals surface area contributed by atoms with Crippen molar-refractivity contribution in [2.45, 2.75) is 6.92 Å². The number of rotatable bonds is 3. The third-order valence-electron chi connectivity index (χ3n) is 7.01. The Morgan fingerprint density at radius 2 is 1.32 bits per heavy atom. The highest BCUT2D eigenvalue weighted by molar-refractivity contribution is 7.26. The van der Waals surface area contributed by atoms with E-state index in [0.29, 0.717) is 11.6 Å². The van der Waals surface area contributed by atoms with E-state index < -0.39 is 0 Å². The van der Waals surface area contributed by atoms with Crippen molar-refractivity contribution in [1.29, 1.82) is 0 Å². The quantitative estimate of drug-likeness (QED) is 0.207. The van der Waals surface area contributed by atoms with Gasteiger partial charge < -0.3 is 4.57 Å². The number of para-hydroxylation sites is 1. The standard InChI is InChI=1S/C32H19N5S.C3H6/c1-2-8-20(9-3-1)31-34-19-35-32(36-31)21-14-16-22(17-15-21)37-26-12-6-4-11-24(26)28-29(37)30-25(18-33-28)23-10-5-7-13-27(23)38-30;1-3-2/h1-19H;3H,1H2,2H3. The summed E-state index contributed by atoms with van der Waals surface area (Å²) in [5.41, 5.74) is 6.29. The van der Waals surface area contributed by atoms with E-state index in [-0.39, 0.29) is 0 Å². The summed E-state index contributed by atoms with van der Waals surface area (Å²) in [7, 11) is 0. The fourth-order valence-corrected chi connectivity index (χ4v) is 6.46. The minimum Gasteiger partial charge on any atom is -0.306 e. The molecular weight excluding hydrogens is 522 g/mol. The van der Waals surface area contributed by atoms with Crippen LogP contribution in [0, 0.1) is 0 Å². The highest BCUT2D eigenvalue weighted by Gasteiger charge is 2.18. The lowest BCUT2D eigenvalue weighted by atomic mass is 10.1. The number of allylic oxidation sites excluding steroid dienone is 1. The molecule has 4 heterocycles. The predicted molar refractivity (Wildman–Crippen MR) is 172 cm³/mol. The number of nitrogens with zero attached hydrogens (tertiary/aromatic N) is 5. The zero-order valence-electron chi connectivity index (χ0n) is 22.4. The third kappa shape index (κ3) is 4.26. The smallest absolute Gasteiger partial charge is 0.163 e. The van der Waals surface area contributed by atoms with Crippen LogP contribution < -0.4 is 0 Å². The van der Waals surface area contributed by atoms with E-state index in [1.165, 1.54) is 20.2 Å². The summed E-state index contributed by atoms with van der Waals surface area (Å²) in [4.78, 5) is 18.5. The Morgan fingerprint density at radius 1 is 0.683 bits per heavy atom. The van der Waals surface area contributed by atoms with Gasteiger partial charge >= 0.3 is 0 Å². The first-order valence-electron chi connectivity index (χ1n) is 13.4. The van der Waals surface area contributed by atoms with E-state index in [2.05, 4.69) is 93.9 Å². The molecule has 0 atom stereocenters. The lowest BCUT2D eigenvalue weighted by molar-refractivity contribution is 1.06. The van der Waals surface area contributed by atoms with Crippen molar-refractivity contribution in [2.24, 2.45) is 0 Å². The molecule has 0 aliphatic heterocycles. The van der Waals surface area contributed by atoms with Crippen molar-refractivity contribution in [3.05, 3.63) is 128 Å². The second-order valence-corrected chi connectivity index (χ2v) is 10.7. The van der Waals surface area contributed by atoms with Gasteiger partial charge in [0.2, 0.25) is 0 Å². The molecule has 0 spiro atoms. The molecule has 0 amide bonds. The Balaban J connectivity index is 0.000000884. The lowest BCUT2D eigenvalue weighted by Crippen LogP contribution is -1.97. The van der Waals surface area contributed by atoms with E-state index in [0.717, 1.165) is 38.8 Å². The number of aromatic nitrogens is 5. The van der Waals surface area contributed by atoms with E-state index in [1.807, 2.05) is 54.8 Å². The maximum Gasteiger partial charge on any atom is 0.163 e. The molecule has 8 aromatic rings. The van der Waals surface area contributed by atoms with Crippen molar-refractivity contribution in [3.63, 3.8) is 0 Å². The molecule has 41 heavy (non-hydrogen) atoms. The molecule has 196 valence electrons. The molecule has 4 aromatic carbocycles. The monoisotopic (exact) mass is 547 g/mol. The average Bonchev–Trinajstić information content (AvgIpc) is 3.58. The minimum absolute atomic E-state index is 0.654. The number of thiophene rings is 1. The van der Waals surface area contributed by atoms with Crippen LogP contribution in [0.1, 0.15) is 6.92 Å². The third-order valence-corrected chi connectivity index (χ3v) is 8.20. The SMILES string of the molecule is C=CC.c1ccc(-c2ncnc(-c3ccc(-n4c5ccccc5c5ncc6c7ccccc7sc6c54)cc3)n2)cc1. The van der Waals surface area contributed by atoms with Crippen molar-refractivity contribution >= 4 is 53.4 Å². The molecule has 0 radical (unpaired) electrons. The Bertz CT molecular complexity index is 2180. The summed E-state index contributed by atoms with van der Waals surface area (Å²) in [6.45, 7) is 5.25. The highest BCUT2D eigenvalue weighted by atomic mass is 32.1. The number of hydrogen-bond acceptors (Lipinski definition) is 5. The topological polar surface area (TPSA) is 56.5 Å². The first-order chi connectivity index (χ1) is 20.3. The van der Waals surface area contributed by atoms with Gasteiger partial charge in [-0.3, -0.25) is 4.98 Å². The van der Waals surface area contributed by atoms with Crippen LogP contribution >= 0.6 is 11.3 Å². The zero-order chi connectivity index (χ0) is 27.8. The number of pyridine rings is 1. The van der Waals surface area contributed by atoms with Gasteiger partial charge in [0.1, 0.15) is 6.33 Å². The molecule has 0 bridgehead atoms.